The highest BCUT2D eigenvalue weighted by atomic mass is 16.5. The van der Waals surface area contributed by atoms with Crippen LogP contribution in [0, 0.1) is 0 Å². The van der Waals surface area contributed by atoms with Crippen molar-refractivity contribution in [2.45, 2.75) is 12.6 Å². The van der Waals surface area contributed by atoms with Gasteiger partial charge in [0.1, 0.15) is 0 Å². The van der Waals surface area contributed by atoms with Crippen LogP contribution in [0.3, 0.4) is 0 Å². The summed E-state index contributed by atoms with van der Waals surface area (Å²) in [6, 6.07) is 2.14. The third-order valence-electron chi connectivity index (χ3n) is 3.46. The topological polar surface area (TPSA) is 63.7 Å². The molecular weight excluding hydrogens is 256 g/mol. The SMILES string of the molecule is CN(CC(N)=O)CC1CN(Cc2ccn(C)c2)CCO1. The smallest absolute Gasteiger partial charge is 0.231 e. The number of primary amides is 1. The third kappa shape index (κ3) is 4.63. The number of rotatable bonds is 6. The molecule has 1 amide bonds. The van der Waals surface area contributed by atoms with Gasteiger partial charge in [-0.05, 0) is 18.7 Å². The van der Waals surface area contributed by atoms with Crippen LogP contribution in [0.1, 0.15) is 5.56 Å². The molecule has 0 aromatic carbocycles. The van der Waals surface area contributed by atoms with Gasteiger partial charge in [0.15, 0.2) is 0 Å². The summed E-state index contributed by atoms with van der Waals surface area (Å²) in [5.74, 6) is -0.301. The molecule has 0 saturated carbocycles. The number of nitrogens with zero attached hydrogens (tertiary/aromatic N) is 3. The van der Waals surface area contributed by atoms with Crippen molar-refractivity contribution in [1.29, 1.82) is 0 Å². The molecule has 1 aliphatic rings. The minimum absolute atomic E-state index is 0.136. The molecule has 2 N–H and O–H groups in total. The predicted octanol–water partition coefficient (Wildman–Crippen LogP) is -0.357. The van der Waals surface area contributed by atoms with E-state index in [1.165, 1.54) is 5.56 Å². The molecule has 2 rings (SSSR count). The average molecular weight is 280 g/mol. The van der Waals surface area contributed by atoms with Gasteiger partial charge in [-0.1, -0.05) is 0 Å². The minimum Gasteiger partial charge on any atom is -0.374 e. The summed E-state index contributed by atoms with van der Waals surface area (Å²) in [6.07, 6.45) is 4.34. The number of aryl methyl sites for hydroxylation is 1. The second-order valence-corrected chi connectivity index (χ2v) is 5.58. The molecule has 0 bridgehead atoms. The van der Waals surface area contributed by atoms with Crippen LogP contribution >= 0.6 is 0 Å². The van der Waals surface area contributed by atoms with Gasteiger partial charge in [0.05, 0.1) is 19.3 Å². The van der Waals surface area contributed by atoms with Crippen molar-refractivity contribution in [3.63, 3.8) is 0 Å². The molecule has 0 aliphatic carbocycles. The Hall–Kier alpha value is -1.37. The van der Waals surface area contributed by atoms with Gasteiger partial charge in [-0.25, -0.2) is 0 Å². The van der Waals surface area contributed by atoms with Crippen LogP contribution in [0.25, 0.3) is 0 Å². The Kier molecular flexibility index (Phi) is 5.17. The van der Waals surface area contributed by atoms with E-state index in [0.29, 0.717) is 0 Å². The lowest BCUT2D eigenvalue weighted by molar-refractivity contribution is -0.119. The van der Waals surface area contributed by atoms with Crippen molar-refractivity contribution < 1.29 is 9.53 Å². The molecule has 1 unspecified atom stereocenters. The summed E-state index contributed by atoms with van der Waals surface area (Å²) in [7, 11) is 3.93. The number of nitrogens with two attached hydrogens (primary N) is 1. The molecule has 1 aliphatic heterocycles. The Labute approximate surface area is 120 Å². The fourth-order valence-corrected chi connectivity index (χ4v) is 2.63. The zero-order valence-electron chi connectivity index (χ0n) is 12.3. The summed E-state index contributed by atoms with van der Waals surface area (Å²) >= 11 is 0. The van der Waals surface area contributed by atoms with Crippen molar-refractivity contribution in [3.8, 4) is 0 Å². The number of amides is 1. The molecule has 0 radical (unpaired) electrons. The van der Waals surface area contributed by atoms with Gasteiger partial charge in [-0.2, -0.15) is 0 Å². The van der Waals surface area contributed by atoms with Gasteiger partial charge in [0.25, 0.3) is 0 Å². The first-order valence-corrected chi connectivity index (χ1v) is 6.94. The van der Waals surface area contributed by atoms with Crippen molar-refractivity contribution in [3.05, 3.63) is 24.0 Å². The van der Waals surface area contributed by atoms with E-state index >= 15 is 0 Å². The molecule has 112 valence electrons. The van der Waals surface area contributed by atoms with Crippen LogP contribution in [0.15, 0.2) is 18.5 Å². The van der Waals surface area contributed by atoms with E-state index in [-0.39, 0.29) is 18.6 Å². The summed E-state index contributed by atoms with van der Waals surface area (Å²) in [5.41, 5.74) is 6.51. The lowest BCUT2D eigenvalue weighted by Gasteiger charge is -2.34. The zero-order chi connectivity index (χ0) is 14.5. The van der Waals surface area contributed by atoms with Gasteiger partial charge in [0.2, 0.25) is 5.91 Å². The van der Waals surface area contributed by atoms with Crippen LogP contribution in [-0.2, 0) is 23.1 Å². The van der Waals surface area contributed by atoms with Crippen molar-refractivity contribution in [1.82, 2.24) is 14.4 Å². The molecule has 1 fully saturated rings. The molecule has 1 saturated heterocycles. The summed E-state index contributed by atoms with van der Waals surface area (Å²) in [6.45, 7) is 4.53. The van der Waals surface area contributed by atoms with Crippen LogP contribution in [0.5, 0.6) is 0 Å². The van der Waals surface area contributed by atoms with Gasteiger partial charge < -0.3 is 15.0 Å². The fraction of sp³-hybridized carbons (Fsp3) is 0.643. The van der Waals surface area contributed by atoms with E-state index in [9.17, 15) is 4.79 Å². The van der Waals surface area contributed by atoms with Crippen molar-refractivity contribution in [2.75, 3.05) is 39.8 Å². The lowest BCUT2D eigenvalue weighted by Crippen LogP contribution is -2.47. The normalized spacial score (nSPS) is 20.4. The van der Waals surface area contributed by atoms with Gasteiger partial charge in [-0.15, -0.1) is 0 Å². The van der Waals surface area contributed by atoms with E-state index in [0.717, 1.165) is 32.8 Å². The minimum atomic E-state index is -0.301. The second-order valence-electron chi connectivity index (χ2n) is 5.58. The Balaban J connectivity index is 1.80. The first kappa shape index (κ1) is 15.0. The van der Waals surface area contributed by atoms with E-state index in [1.807, 2.05) is 19.0 Å². The first-order valence-electron chi connectivity index (χ1n) is 6.94. The van der Waals surface area contributed by atoms with E-state index < -0.39 is 0 Å². The van der Waals surface area contributed by atoms with Crippen LogP contribution in [0.4, 0.5) is 0 Å². The molecule has 6 heteroatoms. The molecular formula is C14H24N4O2. The first-order chi connectivity index (χ1) is 9.52. The maximum Gasteiger partial charge on any atom is 0.231 e. The molecule has 20 heavy (non-hydrogen) atoms. The third-order valence-corrected chi connectivity index (χ3v) is 3.46. The largest absolute Gasteiger partial charge is 0.374 e. The molecule has 1 aromatic heterocycles. The van der Waals surface area contributed by atoms with E-state index in [1.54, 1.807) is 0 Å². The molecule has 1 aromatic rings. The van der Waals surface area contributed by atoms with Gasteiger partial charge in [-0.3, -0.25) is 14.6 Å². The number of hydrogen-bond acceptors (Lipinski definition) is 4. The summed E-state index contributed by atoms with van der Waals surface area (Å²) < 4.78 is 7.83. The summed E-state index contributed by atoms with van der Waals surface area (Å²) in [4.78, 5) is 15.2. The number of aromatic nitrogens is 1. The zero-order valence-corrected chi connectivity index (χ0v) is 12.3. The van der Waals surface area contributed by atoms with Crippen molar-refractivity contribution in [2.24, 2.45) is 12.8 Å². The Morgan fingerprint density at radius 1 is 1.60 bits per heavy atom. The van der Waals surface area contributed by atoms with Crippen molar-refractivity contribution >= 4 is 5.91 Å². The monoisotopic (exact) mass is 280 g/mol. The standard InChI is InChI=1S/C14H24N4O2/c1-16-4-3-12(7-16)8-18-5-6-20-13(10-18)9-17(2)11-14(15)19/h3-4,7,13H,5-6,8-11H2,1-2H3,(H2,15,19). The maximum absolute atomic E-state index is 10.9. The molecule has 6 nitrogen and oxygen atoms in total. The summed E-state index contributed by atoms with van der Waals surface area (Å²) in [5, 5.41) is 0. The van der Waals surface area contributed by atoms with E-state index in [4.69, 9.17) is 10.5 Å². The number of morpholine rings is 1. The average Bonchev–Trinajstić information content (AvgIpc) is 2.74. The maximum atomic E-state index is 10.9. The van der Waals surface area contributed by atoms with Crippen LogP contribution in [0.2, 0.25) is 0 Å². The molecule has 2 heterocycles. The quantitative estimate of drug-likeness (QED) is 0.773. The number of hydrogen-bond donors (Lipinski definition) is 1. The predicted molar refractivity (Wildman–Crippen MR) is 77.1 cm³/mol. The second kappa shape index (κ2) is 6.88. The number of carbonyl (C=O) groups excluding carboxylic acids is 1. The molecule has 0 spiro atoms. The van der Waals surface area contributed by atoms with E-state index in [2.05, 4.69) is 27.9 Å². The van der Waals surface area contributed by atoms with Crippen LogP contribution < -0.4 is 5.73 Å². The number of likely N-dealkylation sites (N-methyl/N-ethyl adjacent to an activating group) is 1. The van der Waals surface area contributed by atoms with Gasteiger partial charge in [0, 0.05) is 45.6 Å². The fourth-order valence-electron chi connectivity index (χ4n) is 2.63. The molecule has 1 atom stereocenters. The lowest BCUT2D eigenvalue weighted by atomic mass is 10.2. The Morgan fingerprint density at radius 3 is 3.05 bits per heavy atom. The number of ether oxygens (including phenoxy) is 1. The Bertz CT molecular complexity index is 446. The van der Waals surface area contributed by atoms with Gasteiger partial charge >= 0.3 is 0 Å². The highest BCUT2D eigenvalue weighted by Gasteiger charge is 2.22. The highest BCUT2D eigenvalue weighted by molar-refractivity contribution is 5.75. The number of carbonyl (C=O) groups is 1. The van der Waals surface area contributed by atoms with Crippen LogP contribution in [-0.4, -0.2) is 66.2 Å². The Morgan fingerprint density at radius 2 is 2.40 bits per heavy atom. The highest BCUT2D eigenvalue weighted by Crippen LogP contribution is 2.11.